The van der Waals surface area contributed by atoms with Crippen LogP contribution in [-0.2, 0) is 16.1 Å². The maximum Gasteiger partial charge on any atom is 0.252 e. The molecule has 2 aliphatic rings. The average Bonchev–Trinajstić information content (AvgIpc) is 2.90. The third kappa shape index (κ3) is 3.65. The number of aliphatic hydroxyl groups excluding tert-OH is 1. The summed E-state index contributed by atoms with van der Waals surface area (Å²) in [7, 11) is 3.47. The highest BCUT2D eigenvalue weighted by Gasteiger charge is 2.41. The maximum atomic E-state index is 12.0. The molecule has 140 valence electrons. The molecule has 2 aliphatic heterocycles. The standard InChI is InChI=1S/C18H24N4O4/c1-11(23)16-17(25)20-18-19-14-7-6-13(9-12(14)10-22(16)18)26-8-4-5-15(24)21(2)3/h6-7,9,11,16,23H,4-5,8,10H2,1-3H3,(H,19,20,25). The predicted octanol–water partition coefficient (Wildman–Crippen LogP) is 0.616. The summed E-state index contributed by atoms with van der Waals surface area (Å²) in [5.41, 5.74) is 1.70. The fourth-order valence-corrected chi connectivity index (χ4v) is 3.10. The summed E-state index contributed by atoms with van der Waals surface area (Å²) >= 11 is 0. The molecule has 26 heavy (non-hydrogen) atoms. The first-order valence-corrected chi connectivity index (χ1v) is 8.67. The van der Waals surface area contributed by atoms with E-state index in [0.29, 0.717) is 37.7 Å². The lowest BCUT2D eigenvalue weighted by Gasteiger charge is -2.29. The molecule has 1 aromatic carbocycles. The van der Waals surface area contributed by atoms with E-state index in [2.05, 4.69) is 10.3 Å². The molecule has 1 saturated heterocycles. The molecule has 0 spiro atoms. The minimum absolute atomic E-state index is 0.0799. The highest BCUT2D eigenvalue weighted by Crippen LogP contribution is 2.32. The van der Waals surface area contributed by atoms with Crippen LogP contribution in [0.1, 0.15) is 25.3 Å². The van der Waals surface area contributed by atoms with Crippen molar-refractivity contribution in [3.8, 4) is 5.75 Å². The second kappa shape index (κ2) is 7.33. The van der Waals surface area contributed by atoms with Gasteiger partial charge in [-0.25, -0.2) is 4.99 Å². The molecule has 8 nitrogen and oxygen atoms in total. The third-order valence-corrected chi connectivity index (χ3v) is 4.49. The Bertz CT molecular complexity index is 745. The van der Waals surface area contributed by atoms with Crippen molar-refractivity contribution in [1.29, 1.82) is 0 Å². The zero-order chi connectivity index (χ0) is 18.8. The largest absolute Gasteiger partial charge is 0.494 e. The fourth-order valence-electron chi connectivity index (χ4n) is 3.10. The second-order valence-corrected chi connectivity index (χ2v) is 6.77. The molecule has 0 aromatic heterocycles. The molecule has 1 fully saturated rings. The second-order valence-electron chi connectivity index (χ2n) is 6.77. The van der Waals surface area contributed by atoms with Gasteiger partial charge < -0.3 is 19.6 Å². The van der Waals surface area contributed by atoms with E-state index in [1.54, 1.807) is 30.8 Å². The van der Waals surface area contributed by atoms with Crippen molar-refractivity contribution in [3.05, 3.63) is 23.8 Å². The number of benzene rings is 1. The molecule has 2 atom stereocenters. The van der Waals surface area contributed by atoms with Crippen LogP contribution in [0, 0.1) is 0 Å². The summed E-state index contributed by atoms with van der Waals surface area (Å²) in [6.07, 6.45) is 0.298. The minimum Gasteiger partial charge on any atom is -0.494 e. The van der Waals surface area contributed by atoms with E-state index in [1.807, 2.05) is 18.2 Å². The number of aliphatic imine (C=N–C) groups is 1. The van der Waals surface area contributed by atoms with Crippen molar-refractivity contribution in [1.82, 2.24) is 15.1 Å². The number of carbonyl (C=O) groups excluding carboxylic acids is 2. The summed E-state index contributed by atoms with van der Waals surface area (Å²) in [5, 5.41) is 12.6. The van der Waals surface area contributed by atoms with Crippen molar-refractivity contribution in [2.45, 2.75) is 38.5 Å². The number of carbonyl (C=O) groups is 2. The van der Waals surface area contributed by atoms with Crippen LogP contribution in [0.15, 0.2) is 23.2 Å². The number of nitrogens with one attached hydrogen (secondary N) is 1. The zero-order valence-corrected chi connectivity index (χ0v) is 15.2. The van der Waals surface area contributed by atoms with Crippen LogP contribution in [0.3, 0.4) is 0 Å². The SMILES string of the molecule is CC(O)C1C(=O)NC2=Nc3ccc(OCCCC(=O)N(C)C)cc3CN21. The highest BCUT2D eigenvalue weighted by atomic mass is 16.5. The summed E-state index contributed by atoms with van der Waals surface area (Å²) < 4.78 is 5.74. The van der Waals surface area contributed by atoms with Gasteiger partial charge in [0.25, 0.3) is 5.91 Å². The van der Waals surface area contributed by atoms with Crippen LogP contribution >= 0.6 is 0 Å². The Morgan fingerprint density at radius 3 is 2.96 bits per heavy atom. The Balaban J connectivity index is 1.64. The monoisotopic (exact) mass is 360 g/mol. The lowest BCUT2D eigenvalue weighted by molar-refractivity contribution is -0.129. The van der Waals surface area contributed by atoms with E-state index in [4.69, 9.17) is 4.74 Å². The number of amides is 2. The van der Waals surface area contributed by atoms with Crippen LogP contribution in [0.2, 0.25) is 0 Å². The van der Waals surface area contributed by atoms with E-state index in [9.17, 15) is 14.7 Å². The van der Waals surface area contributed by atoms with Crippen molar-refractivity contribution in [3.63, 3.8) is 0 Å². The lowest BCUT2D eigenvalue weighted by Crippen LogP contribution is -2.43. The molecule has 2 unspecified atom stereocenters. The van der Waals surface area contributed by atoms with Crippen molar-refractivity contribution in [2.75, 3.05) is 20.7 Å². The molecule has 0 aliphatic carbocycles. The molecule has 1 aromatic rings. The van der Waals surface area contributed by atoms with Crippen LogP contribution < -0.4 is 10.1 Å². The molecule has 2 heterocycles. The van der Waals surface area contributed by atoms with Gasteiger partial charge in [0.15, 0.2) is 0 Å². The van der Waals surface area contributed by atoms with E-state index >= 15 is 0 Å². The number of hydrogen-bond acceptors (Lipinski definition) is 6. The lowest BCUT2D eigenvalue weighted by atomic mass is 10.1. The summed E-state index contributed by atoms with van der Waals surface area (Å²) in [6, 6.07) is 4.94. The molecule has 2 N–H and O–H groups in total. The van der Waals surface area contributed by atoms with Crippen LogP contribution in [0.25, 0.3) is 0 Å². The smallest absolute Gasteiger partial charge is 0.252 e. The normalized spacial score (nSPS) is 19.2. The first-order valence-electron chi connectivity index (χ1n) is 8.67. The van der Waals surface area contributed by atoms with E-state index < -0.39 is 12.1 Å². The van der Waals surface area contributed by atoms with Gasteiger partial charge in [-0.15, -0.1) is 0 Å². The van der Waals surface area contributed by atoms with Gasteiger partial charge in [-0.3, -0.25) is 14.9 Å². The number of rotatable bonds is 6. The minimum atomic E-state index is -0.794. The number of guanidine groups is 1. The van der Waals surface area contributed by atoms with Crippen LogP contribution in [-0.4, -0.2) is 65.5 Å². The number of hydrogen-bond donors (Lipinski definition) is 2. The van der Waals surface area contributed by atoms with Gasteiger partial charge in [0.05, 0.1) is 18.4 Å². The first kappa shape index (κ1) is 18.2. The van der Waals surface area contributed by atoms with Crippen LogP contribution in [0.5, 0.6) is 5.75 Å². The van der Waals surface area contributed by atoms with Gasteiger partial charge in [0, 0.05) is 32.6 Å². The summed E-state index contributed by atoms with van der Waals surface area (Å²) in [4.78, 5) is 31.4. The molecule has 0 saturated carbocycles. The number of fused-ring (bicyclic) bond motifs is 2. The summed E-state index contributed by atoms with van der Waals surface area (Å²) in [5.74, 6) is 1.01. The first-order chi connectivity index (χ1) is 12.4. The predicted molar refractivity (Wildman–Crippen MR) is 96.1 cm³/mol. The van der Waals surface area contributed by atoms with E-state index in [-0.39, 0.29) is 11.8 Å². The van der Waals surface area contributed by atoms with Gasteiger partial charge in [-0.1, -0.05) is 0 Å². The van der Waals surface area contributed by atoms with Crippen molar-refractivity contribution < 1.29 is 19.4 Å². The molecule has 3 rings (SSSR count). The molecule has 0 bridgehead atoms. The molecule has 0 radical (unpaired) electrons. The number of aliphatic hydroxyl groups is 1. The van der Waals surface area contributed by atoms with Gasteiger partial charge in [0.1, 0.15) is 11.8 Å². The molecule has 8 heteroatoms. The Kier molecular flexibility index (Phi) is 5.13. The average molecular weight is 360 g/mol. The van der Waals surface area contributed by atoms with E-state index in [1.165, 1.54) is 0 Å². The Morgan fingerprint density at radius 1 is 1.50 bits per heavy atom. The van der Waals surface area contributed by atoms with E-state index in [0.717, 1.165) is 11.3 Å². The summed E-state index contributed by atoms with van der Waals surface area (Å²) in [6.45, 7) is 2.52. The van der Waals surface area contributed by atoms with Gasteiger partial charge >= 0.3 is 0 Å². The molecular formula is C18H24N4O4. The maximum absolute atomic E-state index is 12.0. The zero-order valence-electron chi connectivity index (χ0n) is 15.2. The Labute approximate surface area is 152 Å². The van der Waals surface area contributed by atoms with Gasteiger partial charge in [-0.05, 0) is 31.5 Å². The fraction of sp³-hybridized carbons (Fsp3) is 0.500. The van der Waals surface area contributed by atoms with Crippen molar-refractivity contribution in [2.24, 2.45) is 4.99 Å². The third-order valence-electron chi connectivity index (χ3n) is 4.49. The number of nitrogens with zero attached hydrogens (tertiary/aromatic N) is 3. The highest BCUT2D eigenvalue weighted by molar-refractivity contribution is 6.08. The van der Waals surface area contributed by atoms with Crippen LogP contribution in [0.4, 0.5) is 5.69 Å². The van der Waals surface area contributed by atoms with Crippen molar-refractivity contribution >= 4 is 23.5 Å². The molecular weight excluding hydrogens is 336 g/mol. The number of ether oxygens (including phenoxy) is 1. The Hall–Kier alpha value is -2.61. The molecule has 2 amide bonds. The Morgan fingerprint density at radius 2 is 2.27 bits per heavy atom. The quantitative estimate of drug-likeness (QED) is 0.725. The van der Waals surface area contributed by atoms with Gasteiger partial charge in [0.2, 0.25) is 11.9 Å². The van der Waals surface area contributed by atoms with Gasteiger partial charge in [-0.2, -0.15) is 0 Å². The topological polar surface area (TPSA) is 94.5 Å².